The van der Waals surface area contributed by atoms with E-state index in [9.17, 15) is 9.59 Å². The summed E-state index contributed by atoms with van der Waals surface area (Å²) in [4.78, 5) is 29.0. The van der Waals surface area contributed by atoms with Crippen molar-refractivity contribution in [2.45, 2.75) is 32.3 Å². The molecule has 0 bridgehead atoms. The number of carbonyl (C=O) groups excluding carboxylic acids is 2. The Morgan fingerprint density at radius 1 is 1.37 bits per heavy atom. The number of anilines is 1. The van der Waals surface area contributed by atoms with Crippen molar-refractivity contribution < 1.29 is 19.1 Å². The minimum absolute atomic E-state index is 0.0249. The molecule has 1 aliphatic heterocycles. The van der Waals surface area contributed by atoms with Crippen molar-refractivity contribution in [1.82, 2.24) is 10.3 Å². The molecule has 144 valence electrons. The molecule has 0 unspecified atom stereocenters. The van der Waals surface area contributed by atoms with Crippen LogP contribution in [0, 0.1) is 6.92 Å². The average Bonchev–Trinajstić information content (AvgIpc) is 3.28. The Morgan fingerprint density at radius 3 is 2.85 bits per heavy atom. The van der Waals surface area contributed by atoms with Gasteiger partial charge in [-0.1, -0.05) is 29.8 Å². The molecule has 1 aromatic heterocycles. The lowest BCUT2D eigenvalue weighted by atomic mass is 10.1. The zero-order valence-electron chi connectivity index (χ0n) is 15.2. The van der Waals surface area contributed by atoms with Gasteiger partial charge in [0.25, 0.3) is 5.91 Å². The van der Waals surface area contributed by atoms with E-state index >= 15 is 0 Å². The number of ether oxygens (including phenoxy) is 2. The zero-order chi connectivity index (χ0) is 19.2. The van der Waals surface area contributed by atoms with Crippen LogP contribution in [0.1, 0.15) is 23.3 Å². The fourth-order valence-corrected chi connectivity index (χ4v) is 3.68. The first-order valence-electron chi connectivity index (χ1n) is 8.87. The Kier molecular flexibility index (Phi) is 6.41. The van der Waals surface area contributed by atoms with E-state index in [0.717, 1.165) is 35.5 Å². The second-order valence-corrected chi connectivity index (χ2v) is 7.58. The maximum Gasteiger partial charge on any atom is 0.311 e. The summed E-state index contributed by atoms with van der Waals surface area (Å²) < 4.78 is 10.5. The van der Waals surface area contributed by atoms with Crippen LogP contribution in [0.25, 0.3) is 11.3 Å². The number of hydrogen-bond acceptors (Lipinski definition) is 7. The van der Waals surface area contributed by atoms with Crippen LogP contribution in [0.4, 0.5) is 5.13 Å². The fourth-order valence-electron chi connectivity index (χ4n) is 2.84. The van der Waals surface area contributed by atoms with Crippen LogP contribution in [-0.4, -0.2) is 42.7 Å². The fraction of sp³-hybridized carbons (Fsp3) is 0.421. The highest BCUT2D eigenvalue weighted by Gasteiger charge is 2.18. The second kappa shape index (κ2) is 8.96. The third-order valence-electron chi connectivity index (χ3n) is 4.26. The first-order valence-corrected chi connectivity index (χ1v) is 9.69. The van der Waals surface area contributed by atoms with E-state index in [1.807, 2.05) is 31.2 Å². The number of thiazole rings is 1. The molecule has 1 amide bonds. The molecule has 0 aliphatic carbocycles. The van der Waals surface area contributed by atoms with Crippen LogP contribution in [0.2, 0.25) is 0 Å². The van der Waals surface area contributed by atoms with Crippen LogP contribution >= 0.6 is 11.3 Å². The number of aromatic nitrogens is 1. The predicted molar refractivity (Wildman–Crippen MR) is 103 cm³/mol. The van der Waals surface area contributed by atoms with E-state index in [4.69, 9.17) is 15.2 Å². The number of nitrogens with one attached hydrogen (secondary N) is 1. The molecule has 1 aliphatic rings. The molecule has 3 rings (SSSR count). The number of nitrogen functional groups attached to an aromatic ring is 1. The van der Waals surface area contributed by atoms with Crippen LogP contribution in [0.15, 0.2) is 24.3 Å². The Labute approximate surface area is 161 Å². The van der Waals surface area contributed by atoms with Crippen molar-refractivity contribution in [3.63, 3.8) is 0 Å². The lowest BCUT2D eigenvalue weighted by Gasteiger charge is -2.11. The predicted octanol–water partition coefficient (Wildman–Crippen LogP) is 2.08. The van der Waals surface area contributed by atoms with Gasteiger partial charge in [0.05, 0.1) is 18.2 Å². The molecule has 3 N–H and O–H groups in total. The quantitative estimate of drug-likeness (QED) is 0.703. The summed E-state index contributed by atoms with van der Waals surface area (Å²) in [6.07, 6.45) is 2.03. The lowest BCUT2D eigenvalue weighted by Crippen LogP contribution is -2.35. The molecule has 0 spiro atoms. The summed E-state index contributed by atoms with van der Waals surface area (Å²) in [5.41, 5.74) is 8.53. The molecule has 1 aromatic carbocycles. The van der Waals surface area contributed by atoms with Gasteiger partial charge in [0.15, 0.2) is 11.7 Å². The molecule has 2 heterocycles. The Morgan fingerprint density at radius 2 is 2.15 bits per heavy atom. The highest BCUT2D eigenvalue weighted by Crippen LogP contribution is 2.30. The second-order valence-electron chi connectivity index (χ2n) is 6.47. The van der Waals surface area contributed by atoms with E-state index in [-0.39, 0.29) is 25.0 Å². The van der Waals surface area contributed by atoms with Gasteiger partial charge in [-0.25, -0.2) is 4.98 Å². The molecule has 1 saturated heterocycles. The van der Waals surface area contributed by atoms with Gasteiger partial charge >= 0.3 is 5.97 Å². The number of nitrogens with zero attached hydrogens (tertiary/aromatic N) is 1. The Hall–Kier alpha value is -2.45. The summed E-state index contributed by atoms with van der Waals surface area (Å²) in [7, 11) is 0. The van der Waals surface area contributed by atoms with Gasteiger partial charge in [0, 0.05) is 23.6 Å². The smallest absolute Gasteiger partial charge is 0.311 e. The SMILES string of the molecule is Cc1ccc(-c2nc(N)sc2CC(=O)OCC(=O)NC[C@H]2CCCO2)cc1. The minimum Gasteiger partial charge on any atom is -0.455 e. The Bertz CT molecular complexity index is 798. The molecule has 7 nitrogen and oxygen atoms in total. The van der Waals surface area contributed by atoms with E-state index in [1.54, 1.807) is 0 Å². The summed E-state index contributed by atoms with van der Waals surface area (Å²) >= 11 is 1.25. The van der Waals surface area contributed by atoms with Gasteiger partial charge in [-0.05, 0) is 19.8 Å². The van der Waals surface area contributed by atoms with Gasteiger partial charge < -0.3 is 20.5 Å². The molecular weight excluding hydrogens is 366 g/mol. The third-order valence-corrected chi connectivity index (χ3v) is 5.14. The van der Waals surface area contributed by atoms with Crippen LogP contribution in [0.3, 0.4) is 0 Å². The van der Waals surface area contributed by atoms with Crippen LogP contribution in [0.5, 0.6) is 0 Å². The first-order chi connectivity index (χ1) is 13.0. The van der Waals surface area contributed by atoms with Crippen LogP contribution in [-0.2, 0) is 25.5 Å². The highest BCUT2D eigenvalue weighted by molar-refractivity contribution is 7.15. The monoisotopic (exact) mass is 389 g/mol. The van der Waals surface area contributed by atoms with E-state index in [2.05, 4.69) is 10.3 Å². The van der Waals surface area contributed by atoms with Crippen molar-refractivity contribution in [2.75, 3.05) is 25.5 Å². The van der Waals surface area contributed by atoms with Crippen LogP contribution < -0.4 is 11.1 Å². The molecule has 8 heteroatoms. The third kappa shape index (κ3) is 5.51. The Balaban J connectivity index is 1.51. The molecule has 2 aromatic rings. The lowest BCUT2D eigenvalue weighted by molar-refractivity contribution is -0.147. The van der Waals surface area contributed by atoms with E-state index < -0.39 is 5.97 Å². The number of rotatable bonds is 7. The molecule has 1 atom stereocenters. The first kappa shape index (κ1) is 19.3. The number of amides is 1. The zero-order valence-corrected chi connectivity index (χ0v) is 16.0. The van der Waals surface area contributed by atoms with Crippen molar-refractivity contribution in [2.24, 2.45) is 0 Å². The normalized spacial score (nSPS) is 16.3. The number of carbonyl (C=O) groups is 2. The summed E-state index contributed by atoms with van der Waals surface area (Å²) in [5.74, 6) is -0.819. The maximum atomic E-state index is 12.1. The van der Waals surface area contributed by atoms with Gasteiger partial charge in [-0.3, -0.25) is 9.59 Å². The topological polar surface area (TPSA) is 104 Å². The molecule has 0 saturated carbocycles. The maximum absolute atomic E-state index is 12.1. The van der Waals surface area contributed by atoms with Gasteiger partial charge in [-0.15, -0.1) is 11.3 Å². The number of hydrogen-bond donors (Lipinski definition) is 2. The largest absolute Gasteiger partial charge is 0.455 e. The number of benzene rings is 1. The van der Waals surface area contributed by atoms with Gasteiger partial charge in [0.2, 0.25) is 0 Å². The molecular formula is C19H23N3O4S. The van der Waals surface area contributed by atoms with Crippen molar-refractivity contribution in [1.29, 1.82) is 0 Å². The molecule has 1 fully saturated rings. The van der Waals surface area contributed by atoms with Gasteiger partial charge in [0.1, 0.15) is 0 Å². The minimum atomic E-state index is -0.487. The summed E-state index contributed by atoms with van der Waals surface area (Å²) in [5, 5.41) is 3.11. The van der Waals surface area contributed by atoms with Crippen molar-refractivity contribution >= 4 is 28.3 Å². The summed E-state index contributed by atoms with van der Waals surface area (Å²) in [6, 6.07) is 7.84. The van der Waals surface area contributed by atoms with Crippen molar-refractivity contribution in [3.05, 3.63) is 34.7 Å². The number of nitrogens with two attached hydrogens (primary N) is 1. The van der Waals surface area contributed by atoms with Crippen molar-refractivity contribution in [3.8, 4) is 11.3 Å². The molecule has 0 radical (unpaired) electrons. The van der Waals surface area contributed by atoms with Gasteiger partial charge in [-0.2, -0.15) is 0 Å². The average molecular weight is 389 g/mol. The summed E-state index contributed by atoms with van der Waals surface area (Å²) in [6.45, 7) is 2.87. The number of esters is 1. The van der Waals surface area contributed by atoms with E-state index in [0.29, 0.717) is 17.4 Å². The molecule has 27 heavy (non-hydrogen) atoms. The highest BCUT2D eigenvalue weighted by atomic mass is 32.1. The van der Waals surface area contributed by atoms with E-state index in [1.165, 1.54) is 11.3 Å². The standard InChI is InChI=1S/C19H23N3O4S/c1-12-4-6-13(7-5-12)18-15(27-19(20)22-18)9-17(24)26-11-16(23)21-10-14-3-2-8-25-14/h4-7,14H,2-3,8-11H2,1H3,(H2,20,22)(H,21,23)/t14-/m1/s1. The number of aryl methyl sites for hydroxylation is 1.